The van der Waals surface area contributed by atoms with Gasteiger partial charge in [-0.3, -0.25) is 10.1 Å². The van der Waals surface area contributed by atoms with Gasteiger partial charge in [0.15, 0.2) is 0 Å². The molecule has 0 radical (unpaired) electrons. The van der Waals surface area contributed by atoms with Crippen molar-refractivity contribution in [2.24, 2.45) is 0 Å². The number of nitro groups is 1. The molecule has 0 bridgehead atoms. The largest absolute Gasteiger partial charge is 0.497 e. The monoisotopic (exact) mass is 325 g/mol. The molecule has 2 aromatic carbocycles. The van der Waals surface area contributed by atoms with Crippen molar-refractivity contribution in [1.29, 1.82) is 0 Å². The van der Waals surface area contributed by atoms with Crippen molar-refractivity contribution in [3.8, 4) is 5.75 Å². The van der Waals surface area contributed by atoms with Crippen LogP contribution in [0.4, 0.5) is 11.4 Å². The number of aryl methyl sites for hydroxylation is 1. The summed E-state index contributed by atoms with van der Waals surface area (Å²) in [6.45, 7) is 2.01. The third-order valence-electron chi connectivity index (χ3n) is 3.19. The van der Waals surface area contributed by atoms with Crippen LogP contribution in [0, 0.1) is 17.0 Å². The quantitative estimate of drug-likeness (QED) is 0.454. The molecule has 2 aromatic rings. The molecule has 24 heavy (non-hydrogen) atoms. The summed E-state index contributed by atoms with van der Waals surface area (Å²) in [6.07, 6.45) is 4.17. The van der Waals surface area contributed by atoms with Gasteiger partial charge in [-0.1, -0.05) is 17.7 Å². The Bertz CT molecular complexity index is 735. The van der Waals surface area contributed by atoms with Crippen LogP contribution in [-0.2, 0) is 0 Å². The number of methoxy groups -OCH3 is 1. The standard InChI is InChI=1S/C18H19N3O3/c1-14-3-5-15(6-4-14)19-12-11-17(13-21(22)23)20-16-7-9-18(24-2)10-8-16/h3-13,19-20H,1-2H3/b12-11-,17-13-. The van der Waals surface area contributed by atoms with E-state index in [9.17, 15) is 10.1 Å². The molecule has 0 amide bonds. The first-order valence-corrected chi connectivity index (χ1v) is 7.33. The molecule has 6 heteroatoms. The number of hydrogen-bond acceptors (Lipinski definition) is 5. The molecule has 0 atom stereocenters. The zero-order valence-electron chi connectivity index (χ0n) is 13.5. The predicted molar refractivity (Wildman–Crippen MR) is 95.6 cm³/mol. The highest BCUT2D eigenvalue weighted by Crippen LogP contribution is 2.17. The summed E-state index contributed by atoms with van der Waals surface area (Å²) in [5.74, 6) is 0.719. The van der Waals surface area contributed by atoms with Gasteiger partial charge in [-0.15, -0.1) is 0 Å². The van der Waals surface area contributed by atoms with E-state index in [0.717, 1.165) is 23.3 Å². The zero-order chi connectivity index (χ0) is 17.4. The van der Waals surface area contributed by atoms with Gasteiger partial charge in [-0.25, -0.2) is 0 Å². The van der Waals surface area contributed by atoms with Gasteiger partial charge in [0.2, 0.25) is 0 Å². The van der Waals surface area contributed by atoms with Crippen molar-refractivity contribution < 1.29 is 9.66 Å². The van der Waals surface area contributed by atoms with E-state index in [1.165, 1.54) is 5.56 Å². The van der Waals surface area contributed by atoms with Crippen molar-refractivity contribution in [3.05, 3.63) is 88.4 Å². The molecule has 2 rings (SSSR count). The van der Waals surface area contributed by atoms with Crippen LogP contribution in [0.1, 0.15) is 5.56 Å². The lowest BCUT2D eigenvalue weighted by atomic mass is 10.2. The van der Waals surface area contributed by atoms with E-state index < -0.39 is 4.92 Å². The van der Waals surface area contributed by atoms with Gasteiger partial charge in [-0.05, 0) is 49.4 Å². The molecule has 0 aromatic heterocycles. The molecule has 0 fully saturated rings. The number of rotatable bonds is 7. The topological polar surface area (TPSA) is 76.4 Å². The summed E-state index contributed by atoms with van der Waals surface area (Å²) in [5, 5.41) is 16.9. The lowest BCUT2D eigenvalue weighted by molar-refractivity contribution is -0.403. The van der Waals surface area contributed by atoms with Crippen LogP contribution < -0.4 is 15.4 Å². The molecule has 0 spiro atoms. The van der Waals surface area contributed by atoms with Crippen LogP contribution >= 0.6 is 0 Å². The van der Waals surface area contributed by atoms with Gasteiger partial charge in [-0.2, -0.15) is 0 Å². The van der Waals surface area contributed by atoms with E-state index in [2.05, 4.69) is 10.6 Å². The molecule has 0 aliphatic rings. The highest BCUT2D eigenvalue weighted by Gasteiger charge is 2.01. The Hall–Kier alpha value is -3.28. The normalized spacial score (nSPS) is 11.3. The van der Waals surface area contributed by atoms with E-state index in [1.807, 2.05) is 31.2 Å². The fourth-order valence-corrected chi connectivity index (χ4v) is 1.95. The Morgan fingerprint density at radius 3 is 2.29 bits per heavy atom. The van der Waals surface area contributed by atoms with Crippen LogP contribution in [0.2, 0.25) is 0 Å². The molecular weight excluding hydrogens is 306 g/mol. The minimum Gasteiger partial charge on any atom is -0.497 e. The van der Waals surface area contributed by atoms with Crippen molar-refractivity contribution in [2.45, 2.75) is 6.92 Å². The molecule has 0 aliphatic carbocycles. The Kier molecular flexibility index (Phi) is 5.96. The highest BCUT2D eigenvalue weighted by molar-refractivity contribution is 5.53. The number of nitrogens with one attached hydrogen (secondary N) is 2. The fourth-order valence-electron chi connectivity index (χ4n) is 1.95. The average Bonchev–Trinajstić information content (AvgIpc) is 2.57. The van der Waals surface area contributed by atoms with E-state index >= 15 is 0 Å². The second-order valence-electron chi connectivity index (χ2n) is 5.07. The third-order valence-corrected chi connectivity index (χ3v) is 3.19. The Morgan fingerprint density at radius 1 is 1.08 bits per heavy atom. The van der Waals surface area contributed by atoms with Crippen LogP contribution in [0.5, 0.6) is 5.75 Å². The van der Waals surface area contributed by atoms with E-state index in [1.54, 1.807) is 43.7 Å². The van der Waals surface area contributed by atoms with Crippen LogP contribution in [0.15, 0.2) is 72.7 Å². The fraction of sp³-hybridized carbons (Fsp3) is 0.111. The summed E-state index contributed by atoms with van der Waals surface area (Å²) in [6, 6.07) is 15.0. The SMILES string of the molecule is COc1ccc(NC(/C=C\Nc2ccc(C)cc2)=C\[N+](=O)[O-])cc1. The van der Waals surface area contributed by atoms with Crippen molar-refractivity contribution in [3.63, 3.8) is 0 Å². The first-order valence-electron chi connectivity index (χ1n) is 7.33. The van der Waals surface area contributed by atoms with Crippen LogP contribution in [-0.4, -0.2) is 12.0 Å². The molecule has 0 unspecified atom stereocenters. The minimum atomic E-state index is -0.498. The Balaban J connectivity index is 2.05. The number of ether oxygens (including phenoxy) is 1. The van der Waals surface area contributed by atoms with Gasteiger partial charge in [0, 0.05) is 17.6 Å². The number of allylic oxidation sites excluding steroid dienone is 1. The Morgan fingerprint density at radius 2 is 1.71 bits per heavy atom. The lowest BCUT2D eigenvalue weighted by Gasteiger charge is -2.07. The molecule has 2 N–H and O–H groups in total. The average molecular weight is 325 g/mol. The zero-order valence-corrected chi connectivity index (χ0v) is 13.5. The maximum absolute atomic E-state index is 10.8. The van der Waals surface area contributed by atoms with Gasteiger partial charge < -0.3 is 15.4 Å². The van der Waals surface area contributed by atoms with Crippen molar-refractivity contribution in [2.75, 3.05) is 17.7 Å². The second-order valence-corrected chi connectivity index (χ2v) is 5.07. The maximum Gasteiger partial charge on any atom is 0.257 e. The van der Waals surface area contributed by atoms with Crippen LogP contribution in [0.3, 0.4) is 0 Å². The number of nitrogens with zero attached hydrogens (tertiary/aromatic N) is 1. The van der Waals surface area contributed by atoms with E-state index in [-0.39, 0.29) is 0 Å². The van der Waals surface area contributed by atoms with Gasteiger partial charge >= 0.3 is 0 Å². The van der Waals surface area contributed by atoms with Gasteiger partial charge in [0.1, 0.15) is 11.4 Å². The molecule has 0 heterocycles. The summed E-state index contributed by atoms with van der Waals surface area (Å²) < 4.78 is 5.09. The van der Waals surface area contributed by atoms with Gasteiger partial charge in [0.25, 0.3) is 6.20 Å². The molecule has 6 nitrogen and oxygen atoms in total. The molecule has 0 aliphatic heterocycles. The molecule has 0 saturated heterocycles. The van der Waals surface area contributed by atoms with E-state index in [0.29, 0.717) is 5.70 Å². The number of anilines is 2. The van der Waals surface area contributed by atoms with Crippen molar-refractivity contribution in [1.82, 2.24) is 0 Å². The summed E-state index contributed by atoms with van der Waals surface area (Å²) in [4.78, 5) is 10.3. The number of hydrogen-bond donors (Lipinski definition) is 2. The minimum absolute atomic E-state index is 0.352. The second kappa shape index (κ2) is 8.38. The summed E-state index contributed by atoms with van der Waals surface area (Å²) >= 11 is 0. The third kappa shape index (κ3) is 5.49. The Labute approximate surface area is 140 Å². The first kappa shape index (κ1) is 17.1. The predicted octanol–water partition coefficient (Wildman–Crippen LogP) is 4.16. The lowest BCUT2D eigenvalue weighted by Crippen LogP contribution is -2.01. The van der Waals surface area contributed by atoms with E-state index in [4.69, 9.17) is 4.74 Å². The first-order chi connectivity index (χ1) is 11.6. The molecule has 124 valence electrons. The van der Waals surface area contributed by atoms with Crippen molar-refractivity contribution >= 4 is 11.4 Å². The number of benzene rings is 2. The molecule has 0 saturated carbocycles. The highest BCUT2D eigenvalue weighted by atomic mass is 16.6. The molecular formula is C18H19N3O3. The summed E-state index contributed by atoms with van der Waals surface area (Å²) in [7, 11) is 1.58. The van der Waals surface area contributed by atoms with Gasteiger partial charge in [0.05, 0.1) is 12.0 Å². The van der Waals surface area contributed by atoms with Crippen LogP contribution in [0.25, 0.3) is 0 Å². The maximum atomic E-state index is 10.8. The summed E-state index contributed by atoms with van der Waals surface area (Å²) in [5.41, 5.74) is 3.15. The smallest absolute Gasteiger partial charge is 0.257 e.